The molecule has 0 aliphatic carbocycles. The second-order valence-electron chi connectivity index (χ2n) is 5.17. The second kappa shape index (κ2) is 5.92. The zero-order valence-electron chi connectivity index (χ0n) is 12.1. The average Bonchev–Trinajstić information content (AvgIpc) is 2.97. The Hall–Kier alpha value is -2.54. The van der Waals surface area contributed by atoms with Crippen LogP contribution in [0.3, 0.4) is 0 Å². The van der Waals surface area contributed by atoms with Crippen molar-refractivity contribution in [2.75, 3.05) is 11.9 Å². The predicted octanol–water partition coefficient (Wildman–Crippen LogP) is 3.32. The van der Waals surface area contributed by atoms with E-state index >= 15 is 0 Å². The Morgan fingerprint density at radius 2 is 2.09 bits per heavy atom. The van der Waals surface area contributed by atoms with Gasteiger partial charge in [0.15, 0.2) is 5.65 Å². The molecule has 0 aliphatic rings. The lowest BCUT2D eigenvalue weighted by atomic mass is 10.1. The number of halogens is 1. The zero-order chi connectivity index (χ0) is 15.6. The summed E-state index contributed by atoms with van der Waals surface area (Å²) in [5.74, 6) is 0.776. The van der Waals surface area contributed by atoms with E-state index in [2.05, 4.69) is 70.7 Å². The van der Waals surface area contributed by atoms with E-state index in [1.54, 1.807) is 0 Å². The van der Waals surface area contributed by atoms with Gasteiger partial charge in [-0.3, -0.25) is 10.1 Å². The standard InChI is InChI=1S/C16H13BrN6/c17-14-13-15(20-9-21-16(13)23-22-14)19-7-5-10-3-4-12-11(8-10)2-1-6-18-12/h1-4,6,8-9H,5,7H2,(H2,19,20,21,22,23). The maximum atomic E-state index is 4.34. The SMILES string of the molecule is Brc1[nH]nc2ncnc(NCCc3ccc4ncccc4c3)c12. The summed E-state index contributed by atoms with van der Waals surface area (Å²) < 4.78 is 0.785. The fourth-order valence-electron chi connectivity index (χ4n) is 2.56. The van der Waals surface area contributed by atoms with E-state index in [0.717, 1.165) is 39.7 Å². The van der Waals surface area contributed by atoms with E-state index in [4.69, 9.17) is 0 Å². The number of fused-ring (bicyclic) bond motifs is 2. The number of rotatable bonds is 4. The van der Waals surface area contributed by atoms with Gasteiger partial charge in [-0.15, -0.1) is 0 Å². The molecule has 4 aromatic rings. The van der Waals surface area contributed by atoms with Gasteiger partial charge >= 0.3 is 0 Å². The molecule has 0 radical (unpaired) electrons. The highest BCUT2D eigenvalue weighted by Crippen LogP contribution is 2.25. The van der Waals surface area contributed by atoms with E-state index in [-0.39, 0.29) is 0 Å². The third-order valence-electron chi connectivity index (χ3n) is 3.68. The molecule has 3 heterocycles. The maximum Gasteiger partial charge on any atom is 0.187 e. The van der Waals surface area contributed by atoms with Crippen LogP contribution in [0.2, 0.25) is 0 Å². The maximum absolute atomic E-state index is 4.34. The van der Waals surface area contributed by atoms with Crippen molar-refractivity contribution in [3.63, 3.8) is 0 Å². The van der Waals surface area contributed by atoms with Crippen molar-refractivity contribution in [1.29, 1.82) is 0 Å². The van der Waals surface area contributed by atoms with Crippen LogP contribution in [0.1, 0.15) is 5.56 Å². The summed E-state index contributed by atoms with van der Waals surface area (Å²) in [5.41, 5.74) is 2.92. The van der Waals surface area contributed by atoms with Crippen molar-refractivity contribution in [1.82, 2.24) is 25.1 Å². The molecular weight excluding hydrogens is 356 g/mol. The molecule has 4 rings (SSSR count). The third-order valence-corrected chi connectivity index (χ3v) is 4.25. The van der Waals surface area contributed by atoms with Gasteiger partial charge < -0.3 is 5.32 Å². The summed E-state index contributed by atoms with van der Waals surface area (Å²) >= 11 is 3.44. The largest absolute Gasteiger partial charge is 0.369 e. The van der Waals surface area contributed by atoms with Gasteiger partial charge in [0, 0.05) is 18.1 Å². The number of aromatic nitrogens is 5. The van der Waals surface area contributed by atoms with Gasteiger partial charge in [-0.2, -0.15) is 5.10 Å². The molecule has 0 aliphatic heterocycles. The zero-order valence-corrected chi connectivity index (χ0v) is 13.7. The van der Waals surface area contributed by atoms with Crippen LogP contribution in [-0.4, -0.2) is 31.7 Å². The van der Waals surface area contributed by atoms with Gasteiger partial charge in [0.25, 0.3) is 0 Å². The summed E-state index contributed by atoms with van der Waals surface area (Å²) in [6.07, 6.45) is 4.22. The van der Waals surface area contributed by atoms with E-state index in [9.17, 15) is 0 Å². The highest BCUT2D eigenvalue weighted by molar-refractivity contribution is 9.10. The van der Waals surface area contributed by atoms with Gasteiger partial charge in [-0.1, -0.05) is 12.1 Å². The molecule has 0 saturated heterocycles. The first-order chi connectivity index (χ1) is 11.3. The lowest BCUT2D eigenvalue weighted by Gasteiger charge is -2.07. The Labute approximate surface area is 140 Å². The number of nitrogens with one attached hydrogen (secondary N) is 2. The molecular formula is C16H13BrN6. The number of hydrogen-bond donors (Lipinski definition) is 2. The fraction of sp³-hybridized carbons (Fsp3) is 0.125. The van der Waals surface area contributed by atoms with Crippen LogP contribution in [0.25, 0.3) is 21.9 Å². The molecule has 0 atom stereocenters. The van der Waals surface area contributed by atoms with Crippen molar-refractivity contribution in [3.8, 4) is 0 Å². The van der Waals surface area contributed by atoms with E-state index in [1.807, 2.05) is 12.3 Å². The number of pyridine rings is 1. The number of H-pyrrole nitrogens is 1. The molecule has 114 valence electrons. The van der Waals surface area contributed by atoms with E-state index in [0.29, 0.717) is 5.65 Å². The quantitative estimate of drug-likeness (QED) is 0.577. The molecule has 1 aromatic carbocycles. The molecule has 0 bridgehead atoms. The van der Waals surface area contributed by atoms with Gasteiger partial charge in [-0.25, -0.2) is 9.97 Å². The number of benzene rings is 1. The minimum atomic E-state index is 0.645. The Kier molecular flexibility index (Phi) is 3.63. The van der Waals surface area contributed by atoms with Crippen LogP contribution >= 0.6 is 15.9 Å². The van der Waals surface area contributed by atoms with Crippen molar-refractivity contribution in [3.05, 3.63) is 53.0 Å². The summed E-state index contributed by atoms with van der Waals surface area (Å²) in [5, 5.41) is 12.4. The minimum absolute atomic E-state index is 0.645. The topological polar surface area (TPSA) is 79.4 Å². The highest BCUT2D eigenvalue weighted by Gasteiger charge is 2.10. The normalized spacial score (nSPS) is 11.2. The molecule has 0 fully saturated rings. The van der Waals surface area contributed by atoms with Crippen molar-refractivity contribution in [2.45, 2.75) is 6.42 Å². The van der Waals surface area contributed by atoms with Crippen LogP contribution in [0.4, 0.5) is 5.82 Å². The Morgan fingerprint density at radius 3 is 3.04 bits per heavy atom. The molecule has 0 saturated carbocycles. The average molecular weight is 369 g/mol. The molecule has 0 unspecified atom stereocenters. The first kappa shape index (κ1) is 14.1. The molecule has 3 aromatic heterocycles. The van der Waals surface area contributed by atoms with Gasteiger partial charge in [0.1, 0.15) is 16.7 Å². The lowest BCUT2D eigenvalue weighted by Crippen LogP contribution is -2.07. The first-order valence-corrected chi connectivity index (χ1v) is 8.03. The van der Waals surface area contributed by atoms with E-state index < -0.39 is 0 Å². The Bertz CT molecular complexity index is 981. The number of aromatic amines is 1. The molecule has 7 heteroatoms. The first-order valence-electron chi connectivity index (χ1n) is 7.23. The summed E-state index contributed by atoms with van der Waals surface area (Å²) in [4.78, 5) is 12.8. The molecule has 0 spiro atoms. The molecule has 23 heavy (non-hydrogen) atoms. The van der Waals surface area contributed by atoms with Crippen molar-refractivity contribution in [2.24, 2.45) is 0 Å². The van der Waals surface area contributed by atoms with Gasteiger partial charge in [0.2, 0.25) is 0 Å². The van der Waals surface area contributed by atoms with Crippen molar-refractivity contribution >= 4 is 43.7 Å². The Balaban J connectivity index is 1.51. The van der Waals surface area contributed by atoms with Crippen LogP contribution in [-0.2, 0) is 6.42 Å². The predicted molar refractivity (Wildman–Crippen MR) is 93.3 cm³/mol. The smallest absolute Gasteiger partial charge is 0.187 e. The number of hydrogen-bond acceptors (Lipinski definition) is 5. The van der Waals surface area contributed by atoms with Crippen LogP contribution in [0, 0.1) is 0 Å². The summed E-state index contributed by atoms with van der Waals surface area (Å²) in [6.45, 7) is 0.773. The fourth-order valence-corrected chi connectivity index (χ4v) is 3.01. The lowest BCUT2D eigenvalue weighted by molar-refractivity contribution is 1.01. The van der Waals surface area contributed by atoms with Gasteiger partial charge in [-0.05, 0) is 46.1 Å². The summed E-state index contributed by atoms with van der Waals surface area (Å²) in [6, 6.07) is 10.4. The second-order valence-corrected chi connectivity index (χ2v) is 5.96. The molecule has 0 amide bonds. The monoisotopic (exact) mass is 368 g/mol. The highest BCUT2D eigenvalue weighted by atomic mass is 79.9. The molecule has 2 N–H and O–H groups in total. The number of nitrogens with zero attached hydrogens (tertiary/aromatic N) is 4. The van der Waals surface area contributed by atoms with Gasteiger partial charge in [0.05, 0.1) is 10.9 Å². The summed E-state index contributed by atoms with van der Waals surface area (Å²) in [7, 11) is 0. The minimum Gasteiger partial charge on any atom is -0.369 e. The Morgan fingerprint density at radius 1 is 1.13 bits per heavy atom. The van der Waals surface area contributed by atoms with Crippen LogP contribution < -0.4 is 5.32 Å². The number of anilines is 1. The third kappa shape index (κ3) is 2.75. The van der Waals surface area contributed by atoms with E-state index in [1.165, 1.54) is 11.9 Å². The van der Waals surface area contributed by atoms with Crippen molar-refractivity contribution < 1.29 is 0 Å². The van der Waals surface area contributed by atoms with Crippen LogP contribution in [0.5, 0.6) is 0 Å². The molecule has 6 nitrogen and oxygen atoms in total. The van der Waals surface area contributed by atoms with Crippen LogP contribution in [0.15, 0.2) is 47.5 Å².